The van der Waals surface area contributed by atoms with Crippen molar-refractivity contribution in [3.05, 3.63) is 59.4 Å². The van der Waals surface area contributed by atoms with Crippen LogP contribution >= 0.6 is 0 Å². The summed E-state index contributed by atoms with van der Waals surface area (Å²) < 4.78 is 0. The third kappa shape index (κ3) is 2.23. The molecule has 2 unspecified atom stereocenters. The van der Waals surface area contributed by atoms with Crippen molar-refractivity contribution in [3.8, 4) is 11.3 Å². The number of aromatic nitrogens is 2. The van der Waals surface area contributed by atoms with Gasteiger partial charge in [0.1, 0.15) is 0 Å². The fourth-order valence-corrected chi connectivity index (χ4v) is 4.81. The van der Waals surface area contributed by atoms with Crippen LogP contribution in [0.3, 0.4) is 0 Å². The van der Waals surface area contributed by atoms with Crippen LogP contribution in [0.2, 0.25) is 0 Å². The van der Waals surface area contributed by atoms with Gasteiger partial charge in [-0.15, -0.1) is 0 Å². The predicted molar refractivity (Wildman–Crippen MR) is 103 cm³/mol. The van der Waals surface area contributed by atoms with Crippen molar-refractivity contribution in [2.75, 3.05) is 0 Å². The normalized spacial score (nSPS) is 21.7. The molecule has 2 aliphatic rings. The molecule has 0 amide bonds. The average Bonchev–Trinajstić information content (AvgIpc) is 3.23. The Labute approximate surface area is 149 Å². The molecule has 0 N–H and O–H groups in total. The van der Waals surface area contributed by atoms with E-state index in [1.807, 2.05) is 6.20 Å². The molecule has 1 aromatic carbocycles. The van der Waals surface area contributed by atoms with Gasteiger partial charge in [0.2, 0.25) is 0 Å². The first-order valence-electron chi connectivity index (χ1n) is 9.42. The summed E-state index contributed by atoms with van der Waals surface area (Å²) in [5, 5.41) is 1.37. The molecule has 1 fully saturated rings. The first-order valence-corrected chi connectivity index (χ1v) is 9.42. The number of fused-ring (bicyclic) bond motifs is 7. The maximum absolute atomic E-state index is 5.09. The highest BCUT2D eigenvalue weighted by Gasteiger charge is 2.40. The van der Waals surface area contributed by atoms with E-state index in [4.69, 9.17) is 9.97 Å². The minimum Gasteiger partial charge on any atom is -0.260 e. The molecule has 0 spiro atoms. The van der Waals surface area contributed by atoms with Crippen molar-refractivity contribution < 1.29 is 0 Å². The van der Waals surface area contributed by atoms with E-state index in [1.54, 1.807) is 5.56 Å². The minimum absolute atomic E-state index is 0.0797. The number of rotatable bonds is 1. The van der Waals surface area contributed by atoms with E-state index in [0.717, 1.165) is 17.1 Å². The van der Waals surface area contributed by atoms with Gasteiger partial charge in [0.15, 0.2) is 0 Å². The Morgan fingerprint density at radius 3 is 2.40 bits per heavy atom. The minimum atomic E-state index is 0.0797. The van der Waals surface area contributed by atoms with Gasteiger partial charge >= 0.3 is 0 Å². The quantitative estimate of drug-likeness (QED) is 0.551. The van der Waals surface area contributed by atoms with Crippen molar-refractivity contribution in [2.45, 2.75) is 57.3 Å². The van der Waals surface area contributed by atoms with Crippen LogP contribution in [0.1, 0.15) is 68.7 Å². The SMILES string of the molecule is CC(C)(C)c1ccc(-c2nc3ccccc3c3c2C2CCC3C2)cn1. The van der Waals surface area contributed by atoms with Crippen molar-refractivity contribution in [1.82, 2.24) is 9.97 Å². The number of hydrogen-bond acceptors (Lipinski definition) is 2. The first-order chi connectivity index (χ1) is 12.0. The lowest BCUT2D eigenvalue weighted by Gasteiger charge is -2.22. The second-order valence-electron chi connectivity index (χ2n) is 8.69. The Hall–Kier alpha value is -2.22. The zero-order valence-electron chi connectivity index (χ0n) is 15.2. The molecule has 3 aromatic rings. The van der Waals surface area contributed by atoms with Gasteiger partial charge < -0.3 is 0 Å². The van der Waals surface area contributed by atoms with Crippen LogP contribution in [0.5, 0.6) is 0 Å². The molecule has 2 atom stereocenters. The summed E-state index contributed by atoms with van der Waals surface area (Å²) in [5.74, 6) is 1.42. The van der Waals surface area contributed by atoms with E-state index in [-0.39, 0.29) is 5.41 Å². The van der Waals surface area contributed by atoms with Crippen molar-refractivity contribution in [2.24, 2.45) is 0 Å². The van der Waals surface area contributed by atoms with Crippen LogP contribution in [0.15, 0.2) is 42.6 Å². The Balaban J connectivity index is 1.74. The molecule has 2 heteroatoms. The van der Waals surface area contributed by atoms with Gasteiger partial charge in [-0.3, -0.25) is 4.98 Å². The molecule has 0 radical (unpaired) electrons. The fraction of sp³-hybridized carbons (Fsp3) is 0.391. The predicted octanol–water partition coefficient (Wildman–Crippen LogP) is 5.96. The van der Waals surface area contributed by atoms with Gasteiger partial charge in [-0.1, -0.05) is 39.0 Å². The summed E-state index contributed by atoms with van der Waals surface area (Å²) in [6.45, 7) is 6.62. The molecule has 2 nitrogen and oxygen atoms in total. The Morgan fingerprint density at radius 2 is 1.68 bits per heavy atom. The van der Waals surface area contributed by atoms with Gasteiger partial charge in [0.25, 0.3) is 0 Å². The molecular formula is C23H24N2. The van der Waals surface area contributed by atoms with Gasteiger partial charge in [-0.25, -0.2) is 4.98 Å². The standard InChI is InChI=1S/C23H24N2/c1-23(2,3)19-11-10-16(13-24-19)22-21-15-9-8-14(12-15)20(21)17-6-4-5-7-18(17)25-22/h4-7,10-11,13-15H,8-9,12H2,1-3H3. The number of para-hydroxylation sites is 1. The van der Waals surface area contributed by atoms with Gasteiger partial charge in [0.05, 0.1) is 11.2 Å². The highest BCUT2D eigenvalue weighted by atomic mass is 14.7. The monoisotopic (exact) mass is 328 g/mol. The van der Waals surface area contributed by atoms with Crippen LogP contribution < -0.4 is 0 Å². The van der Waals surface area contributed by atoms with Crippen molar-refractivity contribution in [3.63, 3.8) is 0 Å². The molecule has 2 aliphatic carbocycles. The third-order valence-corrected chi connectivity index (χ3v) is 6.03. The average molecular weight is 328 g/mol. The smallest absolute Gasteiger partial charge is 0.0762 e. The zero-order valence-corrected chi connectivity index (χ0v) is 15.2. The summed E-state index contributed by atoms with van der Waals surface area (Å²) in [7, 11) is 0. The van der Waals surface area contributed by atoms with E-state index in [2.05, 4.69) is 57.2 Å². The van der Waals surface area contributed by atoms with Crippen LogP contribution in [0, 0.1) is 0 Å². The van der Waals surface area contributed by atoms with Gasteiger partial charge in [-0.05, 0) is 60.4 Å². The van der Waals surface area contributed by atoms with Crippen LogP contribution in [0.4, 0.5) is 0 Å². The van der Waals surface area contributed by atoms with Gasteiger partial charge in [0, 0.05) is 28.3 Å². The molecule has 5 rings (SSSR count). The summed E-state index contributed by atoms with van der Waals surface area (Å²) in [6, 6.07) is 13.0. The Kier molecular flexibility index (Phi) is 3.10. The second kappa shape index (κ2) is 5.14. The Morgan fingerprint density at radius 1 is 0.920 bits per heavy atom. The van der Waals surface area contributed by atoms with E-state index in [9.17, 15) is 0 Å². The summed E-state index contributed by atoms with van der Waals surface area (Å²) in [6.07, 6.45) is 6.00. The molecule has 25 heavy (non-hydrogen) atoms. The second-order valence-corrected chi connectivity index (χ2v) is 8.69. The van der Waals surface area contributed by atoms with E-state index >= 15 is 0 Å². The highest BCUT2D eigenvalue weighted by molar-refractivity contribution is 5.89. The largest absolute Gasteiger partial charge is 0.260 e. The molecule has 0 aliphatic heterocycles. The lowest BCUT2D eigenvalue weighted by molar-refractivity contribution is 0.569. The van der Waals surface area contributed by atoms with Gasteiger partial charge in [-0.2, -0.15) is 0 Å². The van der Waals surface area contributed by atoms with Crippen LogP contribution in [-0.2, 0) is 5.41 Å². The molecule has 1 saturated carbocycles. The number of benzene rings is 1. The molecular weight excluding hydrogens is 304 g/mol. The van der Waals surface area contributed by atoms with Crippen molar-refractivity contribution in [1.29, 1.82) is 0 Å². The van der Waals surface area contributed by atoms with Crippen molar-refractivity contribution >= 4 is 10.9 Å². The van der Waals surface area contributed by atoms with E-state index in [0.29, 0.717) is 5.92 Å². The third-order valence-electron chi connectivity index (χ3n) is 6.03. The maximum Gasteiger partial charge on any atom is 0.0762 e. The van der Waals surface area contributed by atoms with E-state index < -0.39 is 0 Å². The zero-order chi connectivity index (χ0) is 17.2. The number of hydrogen-bond donors (Lipinski definition) is 0. The fourth-order valence-electron chi connectivity index (χ4n) is 4.81. The number of nitrogens with zero attached hydrogens (tertiary/aromatic N) is 2. The topological polar surface area (TPSA) is 25.8 Å². The summed E-state index contributed by atoms with van der Waals surface area (Å²) in [5.41, 5.74) is 7.78. The first kappa shape index (κ1) is 15.1. The molecule has 2 bridgehead atoms. The lowest BCUT2D eigenvalue weighted by atomic mass is 9.86. The summed E-state index contributed by atoms with van der Waals surface area (Å²) >= 11 is 0. The number of pyridine rings is 2. The highest BCUT2D eigenvalue weighted by Crippen LogP contribution is 2.57. The van der Waals surface area contributed by atoms with Crippen LogP contribution in [-0.4, -0.2) is 9.97 Å². The Bertz CT molecular complexity index is 964. The molecule has 126 valence electrons. The lowest BCUT2D eigenvalue weighted by Crippen LogP contribution is -2.13. The maximum atomic E-state index is 5.09. The molecule has 2 aromatic heterocycles. The molecule has 0 saturated heterocycles. The molecule has 2 heterocycles. The summed E-state index contributed by atoms with van der Waals surface area (Å²) in [4.78, 5) is 9.84. The van der Waals surface area contributed by atoms with E-state index in [1.165, 1.54) is 41.5 Å². The van der Waals surface area contributed by atoms with Crippen LogP contribution in [0.25, 0.3) is 22.2 Å².